The van der Waals surface area contributed by atoms with E-state index in [2.05, 4.69) is 17.0 Å². The Labute approximate surface area is 260 Å². The number of aromatic hydroxyl groups is 1. The Morgan fingerprint density at radius 1 is 1.05 bits per heavy atom. The number of amides is 2. The van der Waals surface area contributed by atoms with Gasteiger partial charge in [0.05, 0.1) is 31.2 Å². The van der Waals surface area contributed by atoms with Gasteiger partial charge in [-0.2, -0.15) is 0 Å². The predicted octanol–water partition coefficient (Wildman–Crippen LogP) is 4.55. The summed E-state index contributed by atoms with van der Waals surface area (Å²) < 4.78 is 5.50. The topological polar surface area (TPSA) is 111 Å². The van der Waals surface area contributed by atoms with Gasteiger partial charge in [0, 0.05) is 44.3 Å². The summed E-state index contributed by atoms with van der Waals surface area (Å²) in [7, 11) is 1.58. The number of allylic oxidation sites excluding steroid dienone is 1. The number of carbonyl (C=O) groups is 2. The molecule has 8 nitrogen and oxygen atoms in total. The molecule has 2 aliphatic heterocycles. The molecule has 3 N–H and O–H groups in total. The van der Waals surface area contributed by atoms with E-state index in [9.17, 15) is 24.9 Å². The maximum absolute atomic E-state index is 14.0. The van der Waals surface area contributed by atoms with Crippen molar-refractivity contribution in [3.8, 4) is 5.75 Å². The molecule has 44 heavy (non-hydrogen) atoms. The number of rotatable bonds is 12. The summed E-state index contributed by atoms with van der Waals surface area (Å²) in [5, 5.41) is 32.4. The molecule has 0 spiro atoms. The number of carbonyl (C=O) groups excluding carboxylic acids is 2. The molecule has 4 atom stereocenters. The molecule has 2 saturated heterocycles. The van der Waals surface area contributed by atoms with Crippen molar-refractivity contribution in [3.63, 3.8) is 0 Å². The Hall–Kier alpha value is -3.30. The summed E-state index contributed by atoms with van der Waals surface area (Å²) in [6.07, 6.45) is 4.60. The molecule has 0 unspecified atom stereocenters. The number of fused-ring (bicyclic) bond motifs is 1. The van der Waals surface area contributed by atoms with Crippen molar-refractivity contribution in [2.75, 3.05) is 33.4 Å². The standard InChI is InChI=1S/C36H46N2O6/c1-3-24(19-26-11-7-8-12-31(26)40)13-14-32(41)33-27(23-44-2)20-29-34(30(33)22-39)36(43)38(35(29)42)28-15-17-37(18-16-28)21-25-9-5-4-6-10-25/h4-12,19,28-30,32,34,39-41H,3,13-18,20-23H2,1-2H3/b24-19+/t29-,30+,32-,34-/m1/s1. The van der Waals surface area contributed by atoms with Crippen LogP contribution >= 0.6 is 0 Å². The highest BCUT2D eigenvalue weighted by Crippen LogP contribution is 2.47. The Balaban J connectivity index is 1.30. The number of benzene rings is 2. The van der Waals surface area contributed by atoms with Crippen LogP contribution in [-0.2, 0) is 20.9 Å². The molecule has 1 aliphatic carbocycles. The summed E-state index contributed by atoms with van der Waals surface area (Å²) in [5.74, 6) is -2.02. The molecule has 2 amide bonds. The molecule has 8 heteroatoms. The zero-order valence-corrected chi connectivity index (χ0v) is 25.9. The summed E-state index contributed by atoms with van der Waals surface area (Å²) in [5.41, 5.74) is 4.51. The van der Waals surface area contributed by atoms with Crippen molar-refractivity contribution in [3.05, 3.63) is 82.4 Å². The van der Waals surface area contributed by atoms with Gasteiger partial charge < -0.3 is 20.1 Å². The number of nitrogens with zero attached hydrogens (tertiary/aromatic N) is 2. The van der Waals surface area contributed by atoms with Crippen molar-refractivity contribution in [1.29, 1.82) is 0 Å². The molecule has 3 aliphatic rings. The number of phenolic OH excluding ortho intramolecular Hbond substituents is 1. The number of piperidine rings is 1. The van der Waals surface area contributed by atoms with Crippen LogP contribution in [0, 0.1) is 17.8 Å². The Bertz CT molecular complexity index is 1360. The van der Waals surface area contributed by atoms with E-state index >= 15 is 0 Å². The molecule has 0 bridgehead atoms. The summed E-state index contributed by atoms with van der Waals surface area (Å²) in [6, 6.07) is 17.3. The number of hydrogen-bond acceptors (Lipinski definition) is 7. The van der Waals surface area contributed by atoms with Crippen LogP contribution in [0.2, 0.25) is 0 Å². The van der Waals surface area contributed by atoms with Gasteiger partial charge in [-0.25, -0.2) is 0 Å². The van der Waals surface area contributed by atoms with Gasteiger partial charge in [0.2, 0.25) is 11.8 Å². The number of aliphatic hydroxyl groups is 2. The largest absolute Gasteiger partial charge is 0.507 e. The smallest absolute Gasteiger partial charge is 0.234 e. The molecule has 236 valence electrons. The van der Waals surface area contributed by atoms with Crippen LogP contribution in [0.4, 0.5) is 0 Å². The van der Waals surface area contributed by atoms with Crippen molar-refractivity contribution < 1.29 is 29.6 Å². The minimum Gasteiger partial charge on any atom is -0.507 e. The van der Waals surface area contributed by atoms with Crippen LogP contribution < -0.4 is 0 Å². The lowest BCUT2D eigenvalue weighted by Gasteiger charge is -2.37. The highest BCUT2D eigenvalue weighted by atomic mass is 16.5. The number of para-hydroxylation sites is 1. The van der Waals surface area contributed by atoms with Crippen LogP contribution in [0.15, 0.2) is 71.3 Å². The molecule has 2 fully saturated rings. The third kappa shape index (κ3) is 6.84. The third-order valence-corrected chi connectivity index (χ3v) is 9.75. The van der Waals surface area contributed by atoms with Gasteiger partial charge in [0.25, 0.3) is 0 Å². The Morgan fingerprint density at radius 2 is 1.75 bits per heavy atom. The maximum atomic E-state index is 14.0. The average molecular weight is 603 g/mol. The highest BCUT2D eigenvalue weighted by molar-refractivity contribution is 6.06. The first kappa shape index (κ1) is 32.1. The lowest BCUT2D eigenvalue weighted by atomic mass is 9.68. The van der Waals surface area contributed by atoms with E-state index in [1.807, 2.05) is 43.3 Å². The van der Waals surface area contributed by atoms with E-state index in [-0.39, 0.29) is 36.8 Å². The maximum Gasteiger partial charge on any atom is 0.234 e. The van der Waals surface area contributed by atoms with Gasteiger partial charge in [-0.15, -0.1) is 0 Å². The molecule has 0 radical (unpaired) electrons. The Morgan fingerprint density at radius 3 is 2.41 bits per heavy atom. The van der Waals surface area contributed by atoms with Crippen molar-refractivity contribution >= 4 is 17.9 Å². The van der Waals surface area contributed by atoms with Crippen LogP contribution in [0.1, 0.15) is 56.6 Å². The second kappa shape index (κ2) is 14.7. The fourth-order valence-corrected chi connectivity index (χ4v) is 7.49. The van der Waals surface area contributed by atoms with Crippen LogP contribution in [0.3, 0.4) is 0 Å². The minimum absolute atomic E-state index is 0.152. The normalized spacial score (nSPS) is 24.2. The first-order valence-electron chi connectivity index (χ1n) is 16.0. The van der Waals surface area contributed by atoms with Crippen molar-refractivity contribution in [2.45, 2.75) is 64.1 Å². The second-order valence-electron chi connectivity index (χ2n) is 12.4. The van der Waals surface area contributed by atoms with E-state index in [0.29, 0.717) is 24.8 Å². The van der Waals surface area contributed by atoms with Crippen molar-refractivity contribution in [1.82, 2.24) is 9.80 Å². The van der Waals surface area contributed by atoms with Gasteiger partial charge in [0.15, 0.2) is 0 Å². The highest BCUT2D eigenvalue weighted by Gasteiger charge is 2.56. The predicted molar refractivity (Wildman–Crippen MR) is 169 cm³/mol. The lowest BCUT2D eigenvalue weighted by Crippen LogP contribution is -2.47. The van der Waals surface area contributed by atoms with E-state index in [0.717, 1.165) is 55.6 Å². The molecule has 0 saturated carbocycles. The molecule has 2 aromatic carbocycles. The van der Waals surface area contributed by atoms with Crippen molar-refractivity contribution in [2.24, 2.45) is 17.8 Å². The van der Waals surface area contributed by atoms with E-state index in [1.54, 1.807) is 19.2 Å². The van der Waals surface area contributed by atoms with Gasteiger partial charge in [-0.3, -0.25) is 19.4 Å². The number of imide groups is 1. The molecule has 0 aromatic heterocycles. The first-order valence-corrected chi connectivity index (χ1v) is 16.0. The number of hydrogen-bond donors (Lipinski definition) is 3. The van der Waals surface area contributed by atoms with E-state index in [1.165, 1.54) is 10.5 Å². The van der Waals surface area contributed by atoms with Crippen LogP contribution in [0.25, 0.3) is 6.08 Å². The number of phenols is 1. The molecular weight excluding hydrogens is 556 g/mol. The molecule has 5 rings (SSSR count). The van der Waals surface area contributed by atoms with E-state index in [4.69, 9.17) is 4.74 Å². The van der Waals surface area contributed by atoms with E-state index < -0.39 is 23.9 Å². The Kier molecular flexibility index (Phi) is 10.7. The van der Waals surface area contributed by atoms with Gasteiger partial charge in [-0.05, 0) is 61.3 Å². The third-order valence-electron chi connectivity index (χ3n) is 9.75. The first-order chi connectivity index (χ1) is 21.4. The zero-order valence-electron chi connectivity index (χ0n) is 25.9. The summed E-state index contributed by atoms with van der Waals surface area (Å²) in [4.78, 5) is 31.7. The fourth-order valence-electron chi connectivity index (χ4n) is 7.49. The fraction of sp³-hybridized carbons (Fsp3) is 0.500. The SMILES string of the molecule is CC/C(=C\c1ccccc1O)CC[C@@H](O)C1=C(COC)C[C@H]2C(=O)N(C3CCN(Cc4ccccc4)CC3)C(=O)[C@H]2[C@H]1CO. The van der Waals surface area contributed by atoms with Gasteiger partial charge in [0.1, 0.15) is 5.75 Å². The average Bonchev–Trinajstić information content (AvgIpc) is 3.29. The monoisotopic (exact) mass is 602 g/mol. The zero-order chi connectivity index (χ0) is 31.2. The molecule has 2 aromatic rings. The number of aliphatic hydroxyl groups excluding tert-OH is 2. The van der Waals surface area contributed by atoms with Gasteiger partial charge in [-0.1, -0.05) is 67.1 Å². The summed E-state index contributed by atoms with van der Waals surface area (Å²) >= 11 is 0. The quantitative estimate of drug-likeness (QED) is 0.242. The lowest BCUT2D eigenvalue weighted by molar-refractivity contribution is -0.144. The number of ether oxygens (including phenoxy) is 1. The summed E-state index contributed by atoms with van der Waals surface area (Å²) in [6.45, 7) is 4.41. The number of methoxy groups -OCH3 is 1. The molecule has 2 heterocycles. The molecular formula is C36H46N2O6. The van der Waals surface area contributed by atoms with Crippen LogP contribution in [-0.4, -0.2) is 82.5 Å². The second-order valence-corrected chi connectivity index (χ2v) is 12.4. The van der Waals surface area contributed by atoms with Gasteiger partial charge >= 0.3 is 0 Å². The number of likely N-dealkylation sites (tertiary alicyclic amines) is 2. The van der Waals surface area contributed by atoms with Crippen LogP contribution in [0.5, 0.6) is 5.75 Å². The minimum atomic E-state index is -0.893.